The lowest BCUT2D eigenvalue weighted by Gasteiger charge is -2.37. The molecule has 26 heavy (non-hydrogen) atoms. The average molecular weight is 388 g/mol. The second kappa shape index (κ2) is 7.27. The maximum absolute atomic E-state index is 13.2. The third kappa shape index (κ3) is 3.64. The first kappa shape index (κ1) is 19.3. The first-order chi connectivity index (χ1) is 11.9. The number of fused-ring (bicyclic) bond motifs is 4. The molecular formula is C18H24ClF2N3O2. The Bertz CT molecular complexity index is 742. The Hall–Kier alpha value is -1.47. The standard InChI is InChI=1S/C18H23F2N3O2.ClH/c19-18(20)5-3-13(4-6-18)22-16(24)14-1-2-15-12-7-11(8-21-9-12)10-23(15)17(14)25;/h1-2,11-13,21H,3-10H2,(H,22,24);1H/t11-,12+;/m0./s1. The summed E-state index contributed by atoms with van der Waals surface area (Å²) >= 11 is 0. The van der Waals surface area contributed by atoms with Crippen molar-refractivity contribution in [3.05, 3.63) is 33.7 Å². The van der Waals surface area contributed by atoms with Crippen LogP contribution in [0.15, 0.2) is 16.9 Å². The highest BCUT2D eigenvalue weighted by Gasteiger charge is 2.36. The van der Waals surface area contributed by atoms with E-state index in [-0.39, 0.29) is 55.3 Å². The highest BCUT2D eigenvalue weighted by Crippen LogP contribution is 2.33. The van der Waals surface area contributed by atoms with Gasteiger partial charge in [0.2, 0.25) is 5.92 Å². The van der Waals surface area contributed by atoms with E-state index in [1.165, 1.54) is 0 Å². The fraction of sp³-hybridized carbons (Fsp3) is 0.667. The van der Waals surface area contributed by atoms with Crippen molar-refractivity contribution in [1.29, 1.82) is 0 Å². The predicted molar refractivity (Wildman–Crippen MR) is 96.3 cm³/mol. The van der Waals surface area contributed by atoms with Crippen molar-refractivity contribution >= 4 is 18.3 Å². The van der Waals surface area contributed by atoms with Crippen LogP contribution in [0.1, 0.15) is 54.1 Å². The van der Waals surface area contributed by atoms with Gasteiger partial charge in [0.25, 0.3) is 11.5 Å². The molecule has 1 aromatic heterocycles. The number of carbonyl (C=O) groups is 1. The van der Waals surface area contributed by atoms with Crippen molar-refractivity contribution in [3.8, 4) is 0 Å². The van der Waals surface area contributed by atoms with Gasteiger partial charge in [-0.1, -0.05) is 0 Å². The van der Waals surface area contributed by atoms with E-state index in [0.29, 0.717) is 18.4 Å². The highest BCUT2D eigenvalue weighted by atomic mass is 35.5. The number of aromatic nitrogens is 1. The number of nitrogens with zero attached hydrogens (tertiary/aromatic N) is 1. The topological polar surface area (TPSA) is 63.1 Å². The van der Waals surface area contributed by atoms with Crippen LogP contribution in [0.25, 0.3) is 0 Å². The van der Waals surface area contributed by atoms with Crippen LogP contribution in [-0.2, 0) is 6.54 Å². The first-order valence-corrected chi connectivity index (χ1v) is 9.06. The molecule has 1 amide bonds. The molecule has 3 heterocycles. The fourth-order valence-electron chi connectivity index (χ4n) is 4.41. The van der Waals surface area contributed by atoms with E-state index in [1.807, 2.05) is 6.07 Å². The van der Waals surface area contributed by atoms with Crippen LogP contribution in [0.4, 0.5) is 8.78 Å². The van der Waals surface area contributed by atoms with Gasteiger partial charge in [-0.15, -0.1) is 12.4 Å². The number of amides is 1. The maximum atomic E-state index is 13.2. The van der Waals surface area contributed by atoms with Crippen molar-refractivity contribution in [2.75, 3.05) is 13.1 Å². The second-order valence-electron chi connectivity index (χ2n) is 7.65. The molecule has 2 bridgehead atoms. The molecule has 3 aliphatic rings. The number of carbonyl (C=O) groups excluding carboxylic acids is 1. The quantitative estimate of drug-likeness (QED) is 0.818. The number of hydrogen-bond donors (Lipinski definition) is 2. The van der Waals surface area contributed by atoms with Crippen molar-refractivity contribution in [3.63, 3.8) is 0 Å². The Labute approximate surface area is 156 Å². The fourth-order valence-corrected chi connectivity index (χ4v) is 4.41. The van der Waals surface area contributed by atoms with Crippen molar-refractivity contribution in [2.45, 2.75) is 56.5 Å². The molecule has 8 heteroatoms. The number of nitrogens with one attached hydrogen (secondary N) is 2. The largest absolute Gasteiger partial charge is 0.349 e. The van der Waals surface area contributed by atoms with Gasteiger partial charge >= 0.3 is 0 Å². The zero-order valence-electron chi connectivity index (χ0n) is 14.5. The van der Waals surface area contributed by atoms with E-state index in [4.69, 9.17) is 0 Å². The molecule has 5 nitrogen and oxygen atoms in total. The summed E-state index contributed by atoms with van der Waals surface area (Å²) in [5.41, 5.74) is 0.851. The lowest BCUT2D eigenvalue weighted by molar-refractivity contribution is -0.0399. The molecule has 1 saturated heterocycles. The number of hydrogen-bond acceptors (Lipinski definition) is 3. The molecule has 0 unspecified atom stereocenters. The molecule has 0 spiro atoms. The van der Waals surface area contributed by atoms with E-state index in [2.05, 4.69) is 10.6 Å². The minimum Gasteiger partial charge on any atom is -0.349 e. The van der Waals surface area contributed by atoms with Crippen LogP contribution >= 0.6 is 12.4 Å². The maximum Gasteiger partial charge on any atom is 0.263 e. The van der Waals surface area contributed by atoms with Crippen LogP contribution < -0.4 is 16.2 Å². The molecule has 144 valence electrons. The smallest absolute Gasteiger partial charge is 0.263 e. The van der Waals surface area contributed by atoms with Gasteiger partial charge in [-0.2, -0.15) is 0 Å². The predicted octanol–water partition coefficient (Wildman–Crippen LogP) is 2.28. The van der Waals surface area contributed by atoms with E-state index >= 15 is 0 Å². The van der Waals surface area contributed by atoms with Crippen LogP contribution in [0.5, 0.6) is 0 Å². The molecule has 2 atom stereocenters. The van der Waals surface area contributed by atoms with Gasteiger partial charge in [-0.25, -0.2) is 8.78 Å². The summed E-state index contributed by atoms with van der Waals surface area (Å²) < 4.78 is 28.2. The minimum absolute atomic E-state index is 0. The zero-order valence-corrected chi connectivity index (χ0v) is 15.3. The molecule has 1 aromatic rings. The second-order valence-corrected chi connectivity index (χ2v) is 7.65. The molecule has 0 aromatic carbocycles. The molecule has 0 radical (unpaired) electrons. The molecule has 2 fully saturated rings. The molecule has 1 saturated carbocycles. The van der Waals surface area contributed by atoms with Crippen molar-refractivity contribution in [2.24, 2.45) is 5.92 Å². The summed E-state index contributed by atoms with van der Waals surface area (Å²) in [5.74, 6) is -2.33. The van der Waals surface area contributed by atoms with Gasteiger partial charge in [0, 0.05) is 43.6 Å². The Morgan fingerprint density at radius 2 is 1.96 bits per heavy atom. The van der Waals surface area contributed by atoms with Crippen molar-refractivity contribution in [1.82, 2.24) is 15.2 Å². The van der Waals surface area contributed by atoms with Gasteiger partial charge in [0.1, 0.15) is 5.56 Å². The Morgan fingerprint density at radius 3 is 2.69 bits per heavy atom. The van der Waals surface area contributed by atoms with Gasteiger partial charge in [-0.3, -0.25) is 9.59 Å². The molecule has 2 N–H and O–H groups in total. The van der Waals surface area contributed by atoms with Gasteiger partial charge in [0.15, 0.2) is 0 Å². The van der Waals surface area contributed by atoms with Gasteiger partial charge < -0.3 is 15.2 Å². The average Bonchev–Trinajstić information content (AvgIpc) is 2.58. The van der Waals surface area contributed by atoms with Crippen LogP contribution in [0.3, 0.4) is 0 Å². The van der Waals surface area contributed by atoms with E-state index in [9.17, 15) is 18.4 Å². The van der Waals surface area contributed by atoms with Crippen LogP contribution in [-0.4, -0.2) is 35.5 Å². The van der Waals surface area contributed by atoms with Gasteiger partial charge in [-0.05, 0) is 43.9 Å². The Morgan fingerprint density at radius 1 is 1.23 bits per heavy atom. The lowest BCUT2D eigenvalue weighted by atomic mass is 9.84. The van der Waals surface area contributed by atoms with Crippen LogP contribution in [0, 0.1) is 5.92 Å². The molecule has 4 rings (SSSR count). The normalized spacial score (nSPS) is 27.2. The lowest BCUT2D eigenvalue weighted by Crippen LogP contribution is -2.47. The summed E-state index contributed by atoms with van der Waals surface area (Å²) in [6.45, 7) is 2.39. The van der Waals surface area contributed by atoms with Crippen molar-refractivity contribution < 1.29 is 13.6 Å². The number of rotatable bonds is 2. The molecule has 1 aliphatic carbocycles. The summed E-state index contributed by atoms with van der Waals surface area (Å²) in [7, 11) is 0. The van der Waals surface area contributed by atoms with E-state index in [0.717, 1.165) is 25.2 Å². The number of pyridine rings is 1. The minimum atomic E-state index is -2.63. The number of piperidine rings is 1. The zero-order chi connectivity index (χ0) is 17.6. The Balaban J connectivity index is 0.00000196. The van der Waals surface area contributed by atoms with Gasteiger partial charge in [0.05, 0.1) is 0 Å². The summed E-state index contributed by atoms with van der Waals surface area (Å²) in [6.07, 6.45) is 1.16. The van der Waals surface area contributed by atoms with E-state index < -0.39 is 11.8 Å². The molecule has 2 aliphatic heterocycles. The highest BCUT2D eigenvalue weighted by molar-refractivity contribution is 5.94. The third-order valence-electron chi connectivity index (χ3n) is 5.81. The SMILES string of the molecule is Cl.O=C(NC1CCC(F)(F)CC1)c1ccc2n(c1=O)C[C@@H]1CNC[C@H]2C1. The monoisotopic (exact) mass is 387 g/mol. The number of alkyl halides is 2. The van der Waals surface area contributed by atoms with Crippen LogP contribution in [0.2, 0.25) is 0 Å². The first-order valence-electron chi connectivity index (χ1n) is 9.06. The Kier molecular flexibility index (Phi) is 5.40. The summed E-state index contributed by atoms with van der Waals surface area (Å²) in [4.78, 5) is 25.3. The number of halogens is 3. The summed E-state index contributed by atoms with van der Waals surface area (Å²) in [5, 5.41) is 6.16. The molecular weight excluding hydrogens is 364 g/mol. The third-order valence-corrected chi connectivity index (χ3v) is 5.81. The van der Waals surface area contributed by atoms with E-state index in [1.54, 1.807) is 10.6 Å². The summed E-state index contributed by atoms with van der Waals surface area (Å²) in [6, 6.07) is 3.19.